The SMILES string of the molecule is CCC(C)C(C)C1CCCC(C)C1. The Morgan fingerprint density at radius 2 is 1.92 bits per heavy atom. The molecule has 1 fully saturated rings. The van der Waals surface area contributed by atoms with E-state index in [1.807, 2.05) is 0 Å². The van der Waals surface area contributed by atoms with Gasteiger partial charge in [-0.15, -0.1) is 0 Å². The van der Waals surface area contributed by atoms with Gasteiger partial charge in [0.2, 0.25) is 0 Å². The van der Waals surface area contributed by atoms with E-state index in [2.05, 4.69) is 27.7 Å². The van der Waals surface area contributed by atoms with E-state index in [4.69, 9.17) is 0 Å². The molecule has 0 radical (unpaired) electrons. The van der Waals surface area contributed by atoms with E-state index in [9.17, 15) is 0 Å². The highest BCUT2D eigenvalue weighted by molar-refractivity contribution is 4.76. The van der Waals surface area contributed by atoms with Crippen LogP contribution in [0.3, 0.4) is 0 Å². The van der Waals surface area contributed by atoms with E-state index in [0.717, 1.165) is 23.7 Å². The maximum atomic E-state index is 2.47. The van der Waals surface area contributed by atoms with E-state index in [-0.39, 0.29) is 0 Å². The van der Waals surface area contributed by atoms with Gasteiger partial charge < -0.3 is 0 Å². The molecule has 0 heteroatoms. The molecule has 4 atom stereocenters. The summed E-state index contributed by atoms with van der Waals surface area (Å²) in [6.45, 7) is 9.64. The molecule has 13 heavy (non-hydrogen) atoms. The van der Waals surface area contributed by atoms with E-state index >= 15 is 0 Å². The zero-order valence-electron chi connectivity index (χ0n) is 9.84. The lowest BCUT2D eigenvalue weighted by Gasteiger charge is -2.34. The van der Waals surface area contributed by atoms with Crippen molar-refractivity contribution in [1.29, 1.82) is 0 Å². The second kappa shape index (κ2) is 5.02. The van der Waals surface area contributed by atoms with E-state index in [1.165, 1.54) is 32.1 Å². The first-order valence-corrected chi connectivity index (χ1v) is 6.15. The molecule has 0 heterocycles. The van der Waals surface area contributed by atoms with Crippen LogP contribution in [-0.4, -0.2) is 0 Å². The lowest BCUT2D eigenvalue weighted by molar-refractivity contribution is 0.169. The molecule has 1 aliphatic carbocycles. The fourth-order valence-electron chi connectivity index (χ4n) is 2.79. The highest BCUT2D eigenvalue weighted by Crippen LogP contribution is 2.37. The smallest absolute Gasteiger partial charge is 0.0383 e. The third-order valence-electron chi connectivity index (χ3n) is 4.26. The molecule has 0 amide bonds. The predicted molar refractivity (Wildman–Crippen MR) is 59.7 cm³/mol. The van der Waals surface area contributed by atoms with Crippen LogP contribution in [-0.2, 0) is 0 Å². The molecule has 0 N–H and O–H groups in total. The van der Waals surface area contributed by atoms with Gasteiger partial charge in [-0.25, -0.2) is 0 Å². The minimum absolute atomic E-state index is 0.926. The Hall–Kier alpha value is 0. The average Bonchev–Trinajstić information content (AvgIpc) is 2.15. The largest absolute Gasteiger partial charge is 0.0651 e. The van der Waals surface area contributed by atoms with Gasteiger partial charge in [0.15, 0.2) is 0 Å². The van der Waals surface area contributed by atoms with Crippen LogP contribution < -0.4 is 0 Å². The van der Waals surface area contributed by atoms with Gasteiger partial charge in [0, 0.05) is 0 Å². The molecule has 78 valence electrons. The zero-order chi connectivity index (χ0) is 9.84. The van der Waals surface area contributed by atoms with Crippen LogP contribution in [0.15, 0.2) is 0 Å². The van der Waals surface area contributed by atoms with Crippen LogP contribution in [0.2, 0.25) is 0 Å². The quantitative estimate of drug-likeness (QED) is 0.603. The minimum atomic E-state index is 0.926. The van der Waals surface area contributed by atoms with Crippen LogP contribution in [0, 0.1) is 23.7 Å². The fraction of sp³-hybridized carbons (Fsp3) is 1.00. The van der Waals surface area contributed by atoms with E-state index in [0.29, 0.717) is 0 Å². The number of hydrogen-bond donors (Lipinski definition) is 0. The Morgan fingerprint density at radius 1 is 1.23 bits per heavy atom. The highest BCUT2D eigenvalue weighted by atomic mass is 14.3. The van der Waals surface area contributed by atoms with E-state index in [1.54, 1.807) is 0 Å². The molecule has 0 nitrogen and oxygen atoms in total. The monoisotopic (exact) mass is 182 g/mol. The highest BCUT2D eigenvalue weighted by Gasteiger charge is 2.26. The Morgan fingerprint density at radius 3 is 2.46 bits per heavy atom. The molecule has 0 aromatic heterocycles. The van der Waals surface area contributed by atoms with Crippen LogP contribution >= 0.6 is 0 Å². The van der Waals surface area contributed by atoms with Crippen molar-refractivity contribution in [2.24, 2.45) is 23.7 Å². The molecule has 1 rings (SSSR count). The van der Waals surface area contributed by atoms with Crippen molar-refractivity contribution >= 4 is 0 Å². The van der Waals surface area contributed by atoms with Gasteiger partial charge in [0.1, 0.15) is 0 Å². The first-order valence-electron chi connectivity index (χ1n) is 6.15. The molecule has 1 aliphatic rings. The second-order valence-electron chi connectivity index (χ2n) is 5.28. The second-order valence-corrected chi connectivity index (χ2v) is 5.28. The Bertz CT molecular complexity index is 139. The average molecular weight is 182 g/mol. The summed E-state index contributed by atoms with van der Waals surface area (Å²) >= 11 is 0. The van der Waals surface area contributed by atoms with Gasteiger partial charge in [-0.3, -0.25) is 0 Å². The summed E-state index contributed by atoms with van der Waals surface area (Å²) in [6.07, 6.45) is 7.30. The van der Waals surface area contributed by atoms with Crippen molar-refractivity contribution in [2.45, 2.75) is 59.8 Å². The van der Waals surface area contributed by atoms with Crippen molar-refractivity contribution in [3.8, 4) is 0 Å². The van der Waals surface area contributed by atoms with Gasteiger partial charge in [0.25, 0.3) is 0 Å². The van der Waals surface area contributed by atoms with Crippen molar-refractivity contribution in [1.82, 2.24) is 0 Å². The molecular formula is C13H26. The molecule has 0 aromatic carbocycles. The first-order chi connectivity index (χ1) is 6.15. The maximum Gasteiger partial charge on any atom is -0.0383 e. The Balaban J connectivity index is 2.41. The Kier molecular flexibility index (Phi) is 4.28. The maximum absolute atomic E-state index is 2.47. The van der Waals surface area contributed by atoms with Crippen LogP contribution in [0.1, 0.15) is 59.8 Å². The molecular weight excluding hydrogens is 156 g/mol. The standard InChI is InChI=1S/C13H26/c1-5-11(3)12(4)13-8-6-7-10(2)9-13/h10-13H,5-9H2,1-4H3. The topological polar surface area (TPSA) is 0 Å². The summed E-state index contributed by atoms with van der Waals surface area (Å²) in [7, 11) is 0. The van der Waals surface area contributed by atoms with Crippen molar-refractivity contribution < 1.29 is 0 Å². The third kappa shape index (κ3) is 3.00. The Labute approximate surface area is 84.1 Å². The zero-order valence-corrected chi connectivity index (χ0v) is 9.84. The van der Waals surface area contributed by atoms with Crippen molar-refractivity contribution in [3.63, 3.8) is 0 Å². The van der Waals surface area contributed by atoms with Gasteiger partial charge >= 0.3 is 0 Å². The summed E-state index contributed by atoms with van der Waals surface area (Å²) in [5.41, 5.74) is 0. The van der Waals surface area contributed by atoms with Crippen molar-refractivity contribution in [2.75, 3.05) is 0 Å². The lowest BCUT2D eigenvalue weighted by atomic mass is 9.72. The van der Waals surface area contributed by atoms with Crippen LogP contribution in [0.4, 0.5) is 0 Å². The third-order valence-corrected chi connectivity index (χ3v) is 4.26. The summed E-state index contributed by atoms with van der Waals surface area (Å²) in [4.78, 5) is 0. The normalized spacial score (nSPS) is 34.2. The minimum Gasteiger partial charge on any atom is -0.0651 e. The van der Waals surface area contributed by atoms with E-state index < -0.39 is 0 Å². The predicted octanol–water partition coefficient (Wildman–Crippen LogP) is 4.49. The molecule has 4 unspecified atom stereocenters. The number of rotatable bonds is 3. The molecule has 0 saturated heterocycles. The van der Waals surface area contributed by atoms with Crippen LogP contribution in [0.5, 0.6) is 0 Å². The molecule has 0 aromatic rings. The summed E-state index contributed by atoms with van der Waals surface area (Å²) in [5, 5.41) is 0. The summed E-state index contributed by atoms with van der Waals surface area (Å²) in [5.74, 6) is 3.90. The molecule has 0 aliphatic heterocycles. The van der Waals surface area contributed by atoms with Crippen LogP contribution in [0.25, 0.3) is 0 Å². The van der Waals surface area contributed by atoms with Gasteiger partial charge in [-0.1, -0.05) is 53.4 Å². The lowest BCUT2D eigenvalue weighted by Crippen LogP contribution is -2.24. The molecule has 0 spiro atoms. The number of hydrogen-bond acceptors (Lipinski definition) is 0. The molecule has 0 bridgehead atoms. The van der Waals surface area contributed by atoms with Crippen molar-refractivity contribution in [3.05, 3.63) is 0 Å². The van der Waals surface area contributed by atoms with Gasteiger partial charge in [0.05, 0.1) is 0 Å². The van der Waals surface area contributed by atoms with Gasteiger partial charge in [-0.2, -0.15) is 0 Å². The summed E-state index contributed by atoms with van der Waals surface area (Å²) in [6, 6.07) is 0. The molecule has 1 saturated carbocycles. The first kappa shape index (κ1) is 11.1. The summed E-state index contributed by atoms with van der Waals surface area (Å²) < 4.78 is 0. The fourth-order valence-corrected chi connectivity index (χ4v) is 2.79. The van der Waals surface area contributed by atoms with Gasteiger partial charge in [-0.05, 0) is 30.1 Å².